The Hall–Kier alpha value is 0.0400. The van der Waals surface area contributed by atoms with Crippen LogP contribution in [0.4, 0.5) is 0 Å². The van der Waals surface area contributed by atoms with Gasteiger partial charge in [-0.15, -0.1) is 37.2 Å². The molecule has 0 heterocycles. The molecule has 0 radical (unpaired) electrons. The number of halogens is 3. The first-order chi connectivity index (χ1) is 19.7. The van der Waals surface area contributed by atoms with Gasteiger partial charge >= 0.3 is 5.97 Å². The lowest BCUT2D eigenvalue weighted by molar-refractivity contribution is -0.136. The summed E-state index contributed by atoms with van der Waals surface area (Å²) in [4.78, 5) is 9.37. The first kappa shape index (κ1) is 52.6. The number of nitrogens with one attached hydrogen (secondary N) is 1. The quantitative estimate of drug-likeness (QED) is 0.0551. The van der Waals surface area contributed by atoms with Crippen molar-refractivity contribution in [1.29, 1.82) is 0 Å². The molecule has 0 aromatic carbocycles. The molecule has 0 rings (SSSR count). The van der Waals surface area contributed by atoms with Crippen LogP contribution in [0.3, 0.4) is 0 Å². The van der Waals surface area contributed by atoms with E-state index >= 15 is 0 Å². The van der Waals surface area contributed by atoms with Gasteiger partial charge in [0.25, 0.3) is 0 Å². The third-order valence-corrected chi connectivity index (χ3v) is 7.87. The fourth-order valence-electron chi connectivity index (χ4n) is 5.07. The van der Waals surface area contributed by atoms with E-state index < -0.39 is 5.97 Å². The Bertz CT molecular complexity index is 492. The Morgan fingerprint density at radius 1 is 0.442 bits per heavy atom. The van der Waals surface area contributed by atoms with Crippen LogP contribution in [0.5, 0.6) is 0 Å². The molecule has 43 heavy (non-hydrogen) atoms. The summed E-state index contributed by atoms with van der Waals surface area (Å²) in [6.07, 6.45) is 45.0. The van der Waals surface area contributed by atoms with E-state index in [-0.39, 0.29) is 43.6 Å². The fraction of sp³-hybridized carbons (Fsp3) is 0.919. The van der Waals surface area contributed by atoms with Crippen LogP contribution in [0.2, 0.25) is 0 Å². The highest BCUT2D eigenvalue weighted by atomic mass is 35.5. The smallest absolute Gasteiger partial charge is 0.303 e. The zero-order valence-electron chi connectivity index (χ0n) is 29.2. The van der Waals surface area contributed by atoms with Gasteiger partial charge in [-0.3, -0.25) is 4.79 Å². The molecule has 264 valence electrons. The second-order valence-electron chi connectivity index (χ2n) is 12.0. The van der Waals surface area contributed by atoms with Crippen molar-refractivity contribution in [3.8, 4) is 0 Å². The summed E-state index contributed by atoms with van der Waals surface area (Å²) < 4.78 is 0. The molecule has 2 N–H and O–H groups in total. The predicted molar refractivity (Wildman–Crippen MR) is 202 cm³/mol. The van der Waals surface area contributed by atoms with Gasteiger partial charge in [0.15, 0.2) is 0 Å². The molecule has 0 aromatic rings. The third-order valence-electron chi connectivity index (χ3n) is 7.87. The molecule has 0 saturated carbocycles. The second kappa shape index (κ2) is 51.6. The van der Waals surface area contributed by atoms with E-state index in [0.717, 1.165) is 0 Å². The van der Waals surface area contributed by atoms with Crippen LogP contribution < -0.4 is 5.32 Å². The Labute approximate surface area is 289 Å². The Morgan fingerprint density at radius 3 is 0.930 bits per heavy atom. The van der Waals surface area contributed by atoms with Gasteiger partial charge in [0, 0.05) is 6.42 Å². The van der Waals surface area contributed by atoms with Gasteiger partial charge in [0.2, 0.25) is 0 Å². The zero-order valence-corrected chi connectivity index (χ0v) is 31.6. The minimum atomic E-state index is -0.745. The van der Waals surface area contributed by atoms with Crippen LogP contribution in [-0.4, -0.2) is 24.2 Å². The maximum Gasteiger partial charge on any atom is 0.303 e. The molecule has 6 heteroatoms. The standard InChI is InChI=1S/C34H69N.C3H6O2.3ClH/c1-3-5-7-9-11-13-15-17-19-20-22-24-26-28-30-32-34-35-33-31-29-27-25-23-21-18-16-14-12-10-8-6-4-2;1-2-3(4)5;;;/h17,19,35H,3-16,18,20-34H2,1-2H3;2H2,1H3,(H,4,5);3*1H/b19-17-;;;;. The lowest BCUT2D eigenvalue weighted by Gasteiger charge is -2.05. The molecular weight excluding hydrogens is 597 g/mol. The van der Waals surface area contributed by atoms with Gasteiger partial charge in [-0.05, 0) is 51.6 Å². The third kappa shape index (κ3) is 58.2. The van der Waals surface area contributed by atoms with Crippen LogP contribution in [0.1, 0.15) is 207 Å². The molecule has 0 fully saturated rings. The van der Waals surface area contributed by atoms with Gasteiger partial charge in [-0.1, -0.05) is 174 Å². The van der Waals surface area contributed by atoms with Crippen molar-refractivity contribution < 1.29 is 9.90 Å². The molecular formula is C37H78Cl3NO2. The van der Waals surface area contributed by atoms with E-state index in [2.05, 4.69) is 31.3 Å². The van der Waals surface area contributed by atoms with E-state index in [9.17, 15) is 4.79 Å². The number of unbranched alkanes of at least 4 members (excludes halogenated alkanes) is 25. The number of hydrogen-bond acceptors (Lipinski definition) is 2. The summed E-state index contributed by atoms with van der Waals surface area (Å²) in [6, 6.07) is 0. The molecule has 0 atom stereocenters. The highest BCUT2D eigenvalue weighted by molar-refractivity contribution is 5.86. The van der Waals surface area contributed by atoms with Crippen molar-refractivity contribution >= 4 is 43.2 Å². The van der Waals surface area contributed by atoms with Crippen molar-refractivity contribution in [1.82, 2.24) is 5.32 Å². The average molecular weight is 675 g/mol. The maximum atomic E-state index is 9.37. The van der Waals surface area contributed by atoms with Crippen molar-refractivity contribution in [3.63, 3.8) is 0 Å². The zero-order chi connectivity index (χ0) is 29.6. The van der Waals surface area contributed by atoms with E-state index in [1.165, 1.54) is 193 Å². The van der Waals surface area contributed by atoms with Crippen molar-refractivity contribution in [2.45, 2.75) is 207 Å². The number of carboxylic acids is 1. The Balaban J connectivity index is -0.000000552. The van der Waals surface area contributed by atoms with Crippen LogP contribution in [0, 0.1) is 0 Å². The Kier molecular flexibility index (Phi) is 63.1. The molecule has 0 bridgehead atoms. The number of rotatable bonds is 32. The van der Waals surface area contributed by atoms with Gasteiger partial charge in [-0.2, -0.15) is 0 Å². The highest BCUT2D eigenvalue weighted by Gasteiger charge is 1.95. The molecule has 0 unspecified atom stereocenters. The number of hydrogen-bond donors (Lipinski definition) is 2. The number of allylic oxidation sites excluding steroid dienone is 2. The second-order valence-corrected chi connectivity index (χ2v) is 12.0. The molecule has 0 aliphatic rings. The molecule has 0 saturated heterocycles. The molecule has 0 aromatic heterocycles. The normalized spacial score (nSPS) is 10.4. The molecule has 0 aliphatic heterocycles. The lowest BCUT2D eigenvalue weighted by Crippen LogP contribution is -2.16. The predicted octanol–water partition coefficient (Wildman–Crippen LogP) is 13.8. The van der Waals surface area contributed by atoms with Gasteiger partial charge in [0.05, 0.1) is 0 Å². The van der Waals surface area contributed by atoms with E-state index in [0.29, 0.717) is 0 Å². The average Bonchev–Trinajstić information content (AvgIpc) is 2.96. The highest BCUT2D eigenvalue weighted by Crippen LogP contribution is 2.13. The number of carbonyl (C=O) groups is 1. The molecule has 0 amide bonds. The summed E-state index contributed by atoms with van der Waals surface area (Å²) in [5, 5.41) is 11.4. The van der Waals surface area contributed by atoms with E-state index in [1.54, 1.807) is 6.92 Å². The van der Waals surface area contributed by atoms with E-state index in [4.69, 9.17) is 5.11 Å². The van der Waals surface area contributed by atoms with Gasteiger partial charge < -0.3 is 10.4 Å². The topological polar surface area (TPSA) is 49.3 Å². The van der Waals surface area contributed by atoms with Crippen LogP contribution in [0.15, 0.2) is 12.2 Å². The monoisotopic (exact) mass is 674 g/mol. The Morgan fingerprint density at radius 2 is 0.674 bits per heavy atom. The molecule has 0 spiro atoms. The summed E-state index contributed by atoms with van der Waals surface area (Å²) in [7, 11) is 0. The van der Waals surface area contributed by atoms with Crippen molar-refractivity contribution in [2.75, 3.05) is 13.1 Å². The van der Waals surface area contributed by atoms with E-state index in [1.807, 2.05) is 0 Å². The molecule has 3 nitrogen and oxygen atoms in total. The maximum absolute atomic E-state index is 9.37. The van der Waals surface area contributed by atoms with Crippen LogP contribution in [0.25, 0.3) is 0 Å². The number of aliphatic carboxylic acids is 1. The van der Waals surface area contributed by atoms with Gasteiger partial charge in [-0.25, -0.2) is 0 Å². The van der Waals surface area contributed by atoms with Crippen molar-refractivity contribution in [2.24, 2.45) is 0 Å². The lowest BCUT2D eigenvalue weighted by atomic mass is 10.0. The van der Waals surface area contributed by atoms with Crippen LogP contribution >= 0.6 is 37.2 Å². The summed E-state index contributed by atoms with van der Waals surface area (Å²) in [5.41, 5.74) is 0. The fourth-order valence-corrected chi connectivity index (χ4v) is 5.07. The summed E-state index contributed by atoms with van der Waals surface area (Å²) in [5.74, 6) is -0.745. The SMILES string of the molecule is CCC(=O)O.CCCCCCCC/C=C\CCCCCCCCNCCCCCCCCCCCCCCCC.Cl.Cl.Cl. The first-order valence-electron chi connectivity index (χ1n) is 18.3. The number of carboxylic acid groups (broad SMARTS) is 1. The first-order valence-corrected chi connectivity index (χ1v) is 18.3. The largest absolute Gasteiger partial charge is 0.481 e. The minimum absolute atomic E-state index is 0. The molecule has 0 aliphatic carbocycles. The van der Waals surface area contributed by atoms with Gasteiger partial charge in [0.1, 0.15) is 0 Å². The van der Waals surface area contributed by atoms with Crippen LogP contribution in [-0.2, 0) is 4.79 Å². The summed E-state index contributed by atoms with van der Waals surface area (Å²) in [6.45, 7) is 8.67. The minimum Gasteiger partial charge on any atom is -0.481 e. The summed E-state index contributed by atoms with van der Waals surface area (Å²) >= 11 is 0. The van der Waals surface area contributed by atoms with Crippen molar-refractivity contribution in [3.05, 3.63) is 12.2 Å².